The summed E-state index contributed by atoms with van der Waals surface area (Å²) in [6.45, 7) is 5.16. The molecule has 26 heavy (non-hydrogen) atoms. The highest BCUT2D eigenvalue weighted by Crippen LogP contribution is 2.24. The van der Waals surface area contributed by atoms with Crippen LogP contribution in [0.25, 0.3) is 11.0 Å². The van der Waals surface area contributed by atoms with Crippen LogP contribution < -0.4 is 10.5 Å². The number of carbonyl (C=O) groups is 1. The molecule has 1 fully saturated rings. The number of imidazole rings is 1. The van der Waals surface area contributed by atoms with Gasteiger partial charge in [-0.2, -0.15) is 4.98 Å². The molecule has 0 bridgehead atoms. The Bertz CT molecular complexity index is 772. The van der Waals surface area contributed by atoms with Gasteiger partial charge in [0.2, 0.25) is 5.91 Å². The number of fused-ring (bicyclic) bond motifs is 1. The largest absolute Gasteiger partial charge is 0.461 e. The van der Waals surface area contributed by atoms with E-state index >= 15 is 0 Å². The second-order valence-corrected chi connectivity index (χ2v) is 7.00. The van der Waals surface area contributed by atoms with Crippen LogP contribution in [0.1, 0.15) is 26.7 Å². The number of nitrogens with two attached hydrogens (primary N) is 1. The van der Waals surface area contributed by atoms with Crippen LogP contribution in [0.2, 0.25) is 0 Å². The molecule has 1 aromatic heterocycles. The van der Waals surface area contributed by atoms with Gasteiger partial charge in [-0.3, -0.25) is 9.36 Å². The molecule has 2 heterocycles. The molecule has 0 unspecified atom stereocenters. The fourth-order valence-corrected chi connectivity index (χ4v) is 3.10. The topological polar surface area (TPSA) is 73.4 Å². The number of aromatic nitrogens is 2. The molecule has 0 aliphatic carbocycles. The van der Waals surface area contributed by atoms with E-state index in [9.17, 15) is 9.18 Å². The van der Waals surface area contributed by atoms with E-state index in [1.807, 2.05) is 30.4 Å². The second-order valence-electron chi connectivity index (χ2n) is 7.00. The summed E-state index contributed by atoms with van der Waals surface area (Å²) >= 11 is 0. The van der Waals surface area contributed by atoms with Gasteiger partial charge < -0.3 is 15.4 Å². The Balaban J connectivity index is 0.00000243. The molecule has 1 amide bonds. The van der Waals surface area contributed by atoms with Gasteiger partial charge in [-0.25, -0.2) is 4.39 Å². The van der Waals surface area contributed by atoms with Gasteiger partial charge in [0.1, 0.15) is 11.9 Å². The van der Waals surface area contributed by atoms with Crippen LogP contribution in [0.4, 0.5) is 4.39 Å². The second kappa shape index (κ2) is 8.22. The molecule has 3 rings (SSSR count). The van der Waals surface area contributed by atoms with Crippen molar-refractivity contribution in [2.24, 2.45) is 18.7 Å². The maximum absolute atomic E-state index is 13.3. The highest BCUT2D eigenvalue weighted by molar-refractivity contribution is 5.85. The van der Waals surface area contributed by atoms with E-state index in [1.165, 1.54) is 12.1 Å². The van der Waals surface area contributed by atoms with Gasteiger partial charge >= 0.3 is 0 Å². The molecule has 1 saturated heterocycles. The van der Waals surface area contributed by atoms with E-state index in [0.29, 0.717) is 24.6 Å². The lowest BCUT2D eigenvalue weighted by Gasteiger charge is -2.34. The molecule has 2 aromatic rings. The quantitative estimate of drug-likeness (QED) is 0.878. The highest BCUT2D eigenvalue weighted by Gasteiger charge is 2.29. The standard InChI is InChI=1S/C18H25FN4O2.ClH/c1-11(2)16(20)17(24)23-8-6-13(7-9-23)25-18-21-14-10-12(19)4-5-15(14)22(18)3;/h4-5,10-11,13,16H,6-9,20H2,1-3H3;1H/t16-;/m0./s1. The van der Waals surface area contributed by atoms with Crippen molar-refractivity contribution in [3.63, 3.8) is 0 Å². The number of aryl methyl sites for hydroxylation is 1. The minimum Gasteiger partial charge on any atom is -0.461 e. The van der Waals surface area contributed by atoms with Crippen LogP contribution in [0.3, 0.4) is 0 Å². The first-order valence-corrected chi connectivity index (χ1v) is 8.70. The van der Waals surface area contributed by atoms with Crippen LogP contribution in [-0.2, 0) is 11.8 Å². The number of rotatable bonds is 4. The molecule has 0 spiro atoms. The molecule has 6 nitrogen and oxygen atoms in total. The summed E-state index contributed by atoms with van der Waals surface area (Å²) < 4.78 is 21.2. The average molecular weight is 385 g/mol. The van der Waals surface area contributed by atoms with E-state index in [2.05, 4.69) is 4.98 Å². The Morgan fingerprint density at radius 2 is 2.00 bits per heavy atom. The number of hydrogen-bond acceptors (Lipinski definition) is 4. The molecule has 1 aromatic carbocycles. The van der Waals surface area contributed by atoms with Crippen molar-refractivity contribution in [2.75, 3.05) is 13.1 Å². The summed E-state index contributed by atoms with van der Waals surface area (Å²) in [4.78, 5) is 18.5. The van der Waals surface area contributed by atoms with Crippen LogP contribution >= 0.6 is 12.4 Å². The van der Waals surface area contributed by atoms with Crippen molar-refractivity contribution in [2.45, 2.75) is 38.8 Å². The Hall–Kier alpha value is -1.86. The molecule has 8 heteroatoms. The number of halogens is 2. The summed E-state index contributed by atoms with van der Waals surface area (Å²) in [5.41, 5.74) is 7.36. The van der Waals surface area contributed by atoms with Crippen molar-refractivity contribution in [1.29, 1.82) is 0 Å². The van der Waals surface area contributed by atoms with Gasteiger partial charge in [-0.05, 0) is 18.1 Å². The van der Waals surface area contributed by atoms with Crippen LogP contribution in [0.15, 0.2) is 18.2 Å². The smallest absolute Gasteiger partial charge is 0.297 e. The number of amides is 1. The maximum atomic E-state index is 13.3. The third kappa shape index (κ3) is 4.10. The van der Waals surface area contributed by atoms with Gasteiger partial charge in [-0.1, -0.05) is 13.8 Å². The zero-order valence-electron chi connectivity index (χ0n) is 15.3. The Morgan fingerprint density at radius 1 is 1.35 bits per heavy atom. The maximum Gasteiger partial charge on any atom is 0.297 e. The minimum absolute atomic E-state index is 0. The Labute approximate surface area is 158 Å². The van der Waals surface area contributed by atoms with Crippen LogP contribution in [0.5, 0.6) is 6.01 Å². The molecule has 1 atom stereocenters. The van der Waals surface area contributed by atoms with Crippen molar-refractivity contribution >= 4 is 29.3 Å². The zero-order chi connectivity index (χ0) is 18.1. The first kappa shape index (κ1) is 20.5. The van der Waals surface area contributed by atoms with E-state index in [0.717, 1.165) is 18.4 Å². The summed E-state index contributed by atoms with van der Waals surface area (Å²) in [5.74, 6) is -0.181. The number of piperidine rings is 1. The number of carbonyl (C=O) groups excluding carboxylic acids is 1. The first-order chi connectivity index (χ1) is 11.9. The lowest BCUT2D eigenvalue weighted by atomic mass is 10.0. The minimum atomic E-state index is -0.452. The van der Waals surface area contributed by atoms with Gasteiger partial charge in [0, 0.05) is 39.0 Å². The van der Waals surface area contributed by atoms with Crippen molar-refractivity contribution in [3.05, 3.63) is 24.0 Å². The molecular formula is C18H26ClFN4O2. The van der Waals surface area contributed by atoms with E-state index < -0.39 is 6.04 Å². The van der Waals surface area contributed by atoms with Gasteiger partial charge in [-0.15, -0.1) is 12.4 Å². The van der Waals surface area contributed by atoms with Gasteiger partial charge in [0.25, 0.3) is 6.01 Å². The fourth-order valence-electron chi connectivity index (χ4n) is 3.10. The molecule has 144 valence electrons. The summed E-state index contributed by atoms with van der Waals surface area (Å²) in [5, 5.41) is 0. The number of likely N-dealkylation sites (tertiary alicyclic amines) is 1. The third-order valence-corrected chi connectivity index (χ3v) is 4.83. The lowest BCUT2D eigenvalue weighted by Crippen LogP contribution is -2.50. The first-order valence-electron chi connectivity index (χ1n) is 8.70. The monoisotopic (exact) mass is 384 g/mol. The Kier molecular flexibility index (Phi) is 6.47. The molecule has 0 radical (unpaired) electrons. The number of nitrogens with zero attached hydrogens (tertiary/aromatic N) is 3. The van der Waals surface area contributed by atoms with Crippen LogP contribution in [-0.4, -0.2) is 45.6 Å². The number of hydrogen-bond donors (Lipinski definition) is 1. The van der Waals surface area contributed by atoms with E-state index in [1.54, 1.807) is 6.07 Å². The fraction of sp³-hybridized carbons (Fsp3) is 0.556. The lowest BCUT2D eigenvalue weighted by molar-refractivity contribution is -0.135. The summed E-state index contributed by atoms with van der Waals surface area (Å²) in [7, 11) is 1.85. The number of ether oxygens (including phenoxy) is 1. The van der Waals surface area contributed by atoms with Crippen molar-refractivity contribution in [1.82, 2.24) is 14.5 Å². The SMILES string of the molecule is CC(C)[C@H](N)C(=O)N1CCC(Oc2nc3cc(F)ccc3n2C)CC1.Cl. The van der Waals surface area contributed by atoms with Gasteiger partial charge in [0.05, 0.1) is 17.1 Å². The molecule has 2 N–H and O–H groups in total. The predicted molar refractivity (Wildman–Crippen MR) is 101 cm³/mol. The van der Waals surface area contributed by atoms with E-state index in [-0.39, 0.29) is 36.2 Å². The highest BCUT2D eigenvalue weighted by atomic mass is 35.5. The van der Waals surface area contributed by atoms with Crippen LogP contribution in [0, 0.1) is 11.7 Å². The molecule has 1 aliphatic rings. The summed E-state index contributed by atoms with van der Waals surface area (Å²) in [6, 6.07) is 4.53. The Morgan fingerprint density at radius 3 is 2.62 bits per heavy atom. The average Bonchev–Trinajstić information content (AvgIpc) is 2.89. The zero-order valence-corrected chi connectivity index (χ0v) is 16.1. The summed E-state index contributed by atoms with van der Waals surface area (Å²) in [6.07, 6.45) is 1.45. The number of benzene rings is 1. The van der Waals surface area contributed by atoms with Crippen molar-refractivity contribution in [3.8, 4) is 6.01 Å². The molecule has 1 aliphatic heterocycles. The van der Waals surface area contributed by atoms with E-state index in [4.69, 9.17) is 10.5 Å². The van der Waals surface area contributed by atoms with Crippen molar-refractivity contribution < 1.29 is 13.9 Å². The van der Waals surface area contributed by atoms with Gasteiger partial charge in [0.15, 0.2) is 0 Å². The predicted octanol–water partition coefficient (Wildman–Crippen LogP) is 2.49. The normalized spacial score (nSPS) is 16.6. The molecular weight excluding hydrogens is 359 g/mol. The molecule has 0 saturated carbocycles. The third-order valence-electron chi connectivity index (χ3n) is 4.83.